The Hall–Kier alpha value is -1.20. The maximum atomic E-state index is 4.89. The van der Waals surface area contributed by atoms with E-state index in [4.69, 9.17) is 4.98 Å². The van der Waals surface area contributed by atoms with E-state index in [1.54, 1.807) is 0 Å². The van der Waals surface area contributed by atoms with E-state index < -0.39 is 0 Å². The molecule has 0 bridgehead atoms. The Morgan fingerprint density at radius 3 is 2.90 bits per heavy atom. The molecule has 0 aromatic carbocycles. The van der Waals surface area contributed by atoms with Crippen molar-refractivity contribution in [3.63, 3.8) is 0 Å². The molecule has 0 spiro atoms. The molecule has 2 aromatic rings. The first-order valence-electron chi connectivity index (χ1n) is 7.95. The van der Waals surface area contributed by atoms with Crippen molar-refractivity contribution in [2.75, 3.05) is 6.54 Å². The smallest absolute Gasteiger partial charge is 0.115 e. The third kappa shape index (κ3) is 3.04. The zero-order valence-electron chi connectivity index (χ0n) is 13.1. The molecular formula is C16H24N4S. The van der Waals surface area contributed by atoms with Gasteiger partial charge in [0, 0.05) is 22.7 Å². The lowest BCUT2D eigenvalue weighted by Gasteiger charge is -2.14. The molecule has 4 nitrogen and oxygen atoms in total. The summed E-state index contributed by atoms with van der Waals surface area (Å²) in [4.78, 5) is 6.38. The summed E-state index contributed by atoms with van der Waals surface area (Å²) >= 11 is 1.88. The Balaban J connectivity index is 1.88. The van der Waals surface area contributed by atoms with Crippen LogP contribution in [0.25, 0.3) is 0 Å². The molecule has 0 saturated heterocycles. The van der Waals surface area contributed by atoms with Gasteiger partial charge >= 0.3 is 0 Å². The molecule has 2 heterocycles. The van der Waals surface area contributed by atoms with Gasteiger partial charge in [0.2, 0.25) is 0 Å². The fourth-order valence-electron chi connectivity index (χ4n) is 2.75. The number of aromatic nitrogens is 3. The molecule has 1 aliphatic rings. The van der Waals surface area contributed by atoms with Crippen molar-refractivity contribution in [1.29, 1.82) is 0 Å². The summed E-state index contributed by atoms with van der Waals surface area (Å²) in [6.07, 6.45) is 8.90. The Kier molecular flexibility index (Phi) is 4.40. The predicted molar refractivity (Wildman–Crippen MR) is 86.9 cm³/mol. The van der Waals surface area contributed by atoms with Crippen LogP contribution in [0.3, 0.4) is 0 Å². The minimum atomic E-state index is 0.188. The standard InChI is InChI=1S/C16H24N4S/c1-4-8-17-15(12-9-18-20(10-12)11(2)3)16-19-13-6-5-7-14(13)21-16/h9-11,15,17H,4-8H2,1-3H3. The van der Waals surface area contributed by atoms with Crippen LogP contribution in [0.2, 0.25) is 0 Å². The fourth-order valence-corrected chi connectivity index (χ4v) is 4.01. The van der Waals surface area contributed by atoms with E-state index >= 15 is 0 Å². The molecule has 21 heavy (non-hydrogen) atoms. The van der Waals surface area contributed by atoms with Gasteiger partial charge in [-0.15, -0.1) is 11.3 Å². The zero-order valence-corrected chi connectivity index (χ0v) is 13.9. The lowest BCUT2D eigenvalue weighted by Crippen LogP contribution is -2.23. The van der Waals surface area contributed by atoms with E-state index in [0.29, 0.717) is 6.04 Å². The SMILES string of the molecule is CCCNC(c1cnn(C(C)C)c1)c1nc2c(s1)CCC2. The van der Waals surface area contributed by atoms with E-state index in [1.165, 1.54) is 34.0 Å². The largest absolute Gasteiger partial charge is 0.304 e. The van der Waals surface area contributed by atoms with Crippen LogP contribution >= 0.6 is 11.3 Å². The van der Waals surface area contributed by atoms with Gasteiger partial charge in [-0.3, -0.25) is 4.68 Å². The van der Waals surface area contributed by atoms with E-state index in [0.717, 1.165) is 19.4 Å². The summed E-state index contributed by atoms with van der Waals surface area (Å²) in [7, 11) is 0. The Morgan fingerprint density at radius 2 is 2.24 bits per heavy atom. The zero-order chi connectivity index (χ0) is 14.8. The molecule has 3 rings (SSSR count). The molecule has 1 unspecified atom stereocenters. The summed E-state index contributed by atoms with van der Waals surface area (Å²) in [5, 5.41) is 9.33. The van der Waals surface area contributed by atoms with Crippen LogP contribution in [-0.4, -0.2) is 21.3 Å². The number of rotatable bonds is 6. The highest BCUT2D eigenvalue weighted by atomic mass is 32.1. The Bertz CT molecular complexity index is 578. The van der Waals surface area contributed by atoms with Gasteiger partial charge in [0.1, 0.15) is 5.01 Å². The van der Waals surface area contributed by atoms with Gasteiger partial charge in [-0.05, 0) is 46.1 Å². The first-order valence-corrected chi connectivity index (χ1v) is 8.76. The topological polar surface area (TPSA) is 42.7 Å². The van der Waals surface area contributed by atoms with Gasteiger partial charge in [-0.25, -0.2) is 4.98 Å². The molecule has 1 aliphatic carbocycles. The summed E-state index contributed by atoms with van der Waals surface area (Å²) < 4.78 is 2.03. The number of fused-ring (bicyclic) bond motifs is 1. The molecule has 114 valence electrons. The van der Waals surface area contributed by atoms with Gasteiger partial charge in [0.15, 0.2) is 0 Å². The summed E-state index contributed by atoms with van der Waals surface area (Å²) in [5.41, 5.74) is 2.55. The summed E-state index contributed by atoms with van der Waals surface area (Å²) in [6, 6.07) is 0.583. The van der Waals surface area contributed by atoms with E-state index in [2.05, 4.69) is 37.4 Å². The average Bonchev–Trinajstić information content (AvgIpc) is 3.13. The number of hydrogen-bond donors (Lipinski definition) is 1. The van der Waals surface area contributed by atoms with Crippen molar-refractivity contribution in [3.8, 4) is 0 Å². The highest BCUT2D eigenvalue weighted by Crippen LogP contribution is 2.33. The third-order valence-corrected chi connectivity index (χ3v) is 5.16. The highest BCUT2D eigenvalue weighted by Gasteiger charge is 2.24. The monoisotopic (exact) mass is 304 g/mol. The maximum absolute atomic E-state index is 4.89. The van der Waals surface area contributed by atoms with Crippen LogP contribution in [0.4, 0.5) is 0 Å². The number of aryl methyl sites for hydroxylation is 2. The van der Waals surface area contributed by atoms with Crippen LogP contribution in [-0.2, 0) is 12.8 Å². The van der Waals surface area contributed by atoms with Gasteiger partial charge < -0.3 is 5.32 Å². The Morgan fingerprint density at radius 1 is 1.38 bits per heavy atom. The normalized spacial score (nSPS) is 15.6. The molecule has 2 aromatic heterocycles. The van der Waals surface area contributed by atoms with Gasteiger partial charge in [-0.2, -0.15) is 5.10 Å². The van der Waals surface area contributed by atoms with Crippen molar-refractivity contribution in [2.24, 2.45) is 0 Å². The first kappa shape index (κ1) is 14.7. The lowest BCUT2D eigenvalue weighted by molar-refractivity contribution is 0.530. The Labute approximate surface area is 130 Å². The van der Waals surface area contributed by atoms with Crippen molar-refractivity contribution in [3.05, 3.63) is 33.5 Å². The maximum Gasteiger partial charge on any atom is 0.115 e. The van der Waals surface area contributed by atoms with Crippen LogP contribution < -0.4 is 5.32 Å². The second-order valence-corrected chi connectivity index (χ2v) is 7.13. The molecule has 0 amide bonds. The summed E-state index contributed by atoms with van der Waals surface area (Å²) in [5.74, 6) is 0. The highest BCUT2D eigenvalue weighted by molar-refractivity contribution is 7.11. The first-order chi connectivity index (χ1) is 10.2. The number of thiazole rings is 1. The van der Waals surface area contributed by atoms with Crippen molar-refractivity contribution in [1.82, 2.24) is 20.1 Å². The predicted octanol–water partition coefficient (Wildman–Crippen LogP) is 3.50. The number of nitrogens with zero attached hydrogens (tertiary/aromatic N) is 3. The molecule has 5 heteroatoms. The second kappa shape index (κ2) is 6.28. The van der Waals surface area contributed by atoms with Gasteiger partial charge in [0.25, 0.3) is 0 Å². The molecule has 1 N–H and O–H groups in total. The minimum Gasteiger partial charge on any atom is -0.304 e. The van der Waals surface area contributed by atoms with E-state index in [9.17, 15) is 0 Å². The van der Waals surface area contributed by atoms with Gasteiger partial charge in [0.05, 0.1) is 17.9 Å². The van der Waals surface area contributed by atoms with Crippen LogP contribution in [0.5, 0.6) is 0 Å². The average molecular weight is 304 g/mol. The third-order valence-electron chi connectivity index (χ3n) is 3.94. The lowest BCUT2D eigenvalue weighted by atomic mass is 10.1. The molecular weight excluding hydrogens is 280 g/mol. The van der Waals surface area contributed by atoms with E-state index in [-0.39, 0.29) is 6.04 Å². The number of hydrogen-bond acceptors (Lipinski definition) is 4. The molecule has 0 aliphatic heterocycles. The van der Waals surface area contributed by atoms with Crippen LogP contribution in [0, 0.1) is 0 Å². The summed E-state index contributed by atoms with van der Waals surface area (Å²) in [6.45, 7) is 7.51. The molecule has 0 radical (unpaired) electrons. The minimum absolute atomic E-state index is 0.188. The van der Waals surface area contributed by atoms with Gasteiger partial charge in [-0.1, -0.05) is 6.92 Å². The number of nitrogens with one attached hydrogen (secondary N) is 1. The van der Waals surface area contributed by atoms with Crippen LogP contribution in [0.15, 0.2) is 12.4 Å². The van der Waals surface area contributed by atoms with Crippen molar-refractivity contribution < 1.29 is 0 Å². The fraction of sp³-hybridized carbons (Fsp3) is 0.625. The molecule has 0 saturated carbocycles. The van der Waals surface area contributed by atoms with Crippen molar-refractivity contribution in [2.45, 2.75) is 58.5 Å². The van der Waals surface area contributed by atoms with Crippen LogP contribution in [0.1, 0.15) is 66.8 Å². The quantitative estimate of drug-likeness (QED) is 0.888. The molecule has 0 fully saturated rings. The van der Waals surface area contributed by atoms with Crippen molar-refractivity contribution >= 4 is 11.3 Å². The molecule has 1 atom stereocenters. The van der Waals surface area contributed by atoms with E-state index in [1.807, 2.05) is 22.2 Å². The second-order valence-electron chi connectivity index (χ2n) is 6.01.